The lowest BCUT2D eigenvalue weighted by molar-refractivity contribution is 0.226. The van der Waals surface area contributed by atoms with Gasteiger partial charge in [0.1, 0.15) is 5.82 Å². The van der Waals surface area contributed by atoms with E-state index in [2.05, 4.69) is 53.5 Å². The molecule has 0 bridgehead atoms. The summed E-state index contributed by atoms with van der Waals surface area (Å²) in [5, 5.41) is 0. The maximum atomic E-state index is 6.08. The van der Waals surface area contributed by atoms with Crippen LogP contribution in [0.3, 0.4) is 0 Å². The lowest BCUT2D eigenvalue weighted by Crippen LogP contribution is -2.34. The van der Waals surface area contributed by atoms with Gasteiger partial charge < -0.3 is 4.57 Å². The topological polar surface area (TPSA) is 21.1 Å². The fraction of sp³-hybridized carbons (Fsp3) is 0.562. The average Bonchev–Trinajstić information content (AvgIpc) is 3.22. The summed E-state index contributed by atoms with van der Waals surface area (Å²) in [6, 6.07) is 7.73. The number of aromatic nitrogens is 2. The predicted molar refractivity (Wildman–Crippen MR) is 84.3 cm³/mol. The van der Waals surface area contributed by atoms with Crippen LogP contribution in [0.4, 0.5) is 0 Å². The molecule has 1 unspecified atom stereocenters. The molecule has 1 aliphatic rings. The van der Waals surface area contributed by atoms with Crippen LogP contribution in [0.2, 0.25) is 0 Å². The first kappa shape index (κ1) is 13.9. The second-order valence-electron chi connectivity index (χ2n) is 6.01. The minimum absolute atomic E-state index is 0.466. The number of alkyl halides is 1. The summed E-state index contributed by atoms with van der Waals surface area (Å²) >= 11 is 6.08. The molecule has 1 aliphatic carbocycles. The van der Waals surface area contributed by atoms with E-state index in [1.807, 2.05) is 0 Å². The highest BCUT2D eigenvalue weighted by molar-refractivity contribution is 6.16. The van der Waals surface area contributed by atoms with Gasteiger partial charge >= 0.3 is 0 Å². The van der Waals surface area contributed by atoms with Gasteiger partial charge in [-0.25, -0.2) is 4.98 Å². The van der Waals surface area contributed by atoms with Crippen molar-refractivity contribution in [3.63, 3.8) is 0 Å². The molecule has 1 fully saturated rings. The normalized spacial score (nSPS) is 17.1. The van der Waals surface area contributed by atoms with Crippen molar-refractivity contribution in [1.82, 2.24) is 14.5 Å². The number of fused-ring (bicyclic) bond motifs is 1. The first-order valence-corrected chi connectivity index (χ1v) is 7.87. The molecule has 0 saturated heterocycles. The number of rotatable bonds is 5. The smallest absolute Gasteiger partial charge is 0.124 e. The van der Waals surface area contributed by atoms with Gasteiger partial charge in [0, 0.05) is 18.6 Å². The molecule has 1 saturated carbocycles. The molecule has 1 heterocycles. The van der Waals surface area contributed by atoms with Crippen LogP contribution < -0.4 is 0 Å². The van der Waals surface area contributed by atoms with E-state index in [0.29, 0.717) is 11.9 Å². The third-order valence-electron chi connectivity index (χ3n) is 4.37. The number of hydrogen-bond acceptors (Lipinski definition) is 2. The monoisotopic (exact) mass is 291 g/mol. The predicted octanol–water partition coefficient (Wildman–Crippen LogP) is 3.57. The largest absolute Gasteiger partial charge is 0.325 e. The molecule has 0 N–H and O–H groups in total. The van der Waals surface area contributed by atoms with E-state index in [4.69, 9.17) is 11.6 Å². The summed E-state index contributed by atoms with van der Waals surface area (Å²) in [7, 11) is 2.23. The van der Waals surface area contributed by atoms with Crippen LogP contribution in [0.5, 0.6) is 0 Å². The van der Waals surface area contributed by atoms with Gasteiger partial charge in [-0.1, -0.05) is 6.07 Å². The van der Waals surface area contributed by atoms with Crippen molar-refractivity contribution in [2.75, 3.05) is 7.05 Å². The van der Waals surface area contributed by atoms with Crippen LogP contribution in [0, 0.1) is 6.92 Å². The van der Waals surface area contributed by atoms with Crippen LogP contribution in [0.15, 0.2) is 18.2 Å². The van der Waals surface area contributed by atoms with Crippen LogP contribution in [-0.2, 0) is 12.4 Å². The minimum Gasteiger partial charge on any atom is -0.325 e. The van der Waals surface area contributed by atoms with Gasteiger partial charge in [-0.2, -0.15) is 0 Å². The Hall–Kier alpha value is -1.06. The van der Waals surface area contributed by atoms with Gasteiger partial charge in [0.15, 0.2) is 0 Å². The lowest BCUT2D eigenvalue weighted by atomic mass is 10.2. The molecule has 3 rings (SSSR count). The Labute approximate surface area is 125 Å². The Morgan fingerprint density at radius 1 is 1.45 bits per heavy atom. The van der Waals surface area contributed by atoms with Gasteiger partial charge in [0.25, 0.3) is 0 Å². The Kier molecular flexibility index (Phi) is 3.74. The summed E-state index contributed by atoms with van der Waals surface area (Å²) in [4.78, 5) is 7.16. The average molecular weight is 292 g/mol. The zero-order chi connectivity index (χ0) is 14.3. The second-order valence-corrected chi connectivity index (χ2v) is 6.28. The molecule has 0 spiro atoms. The number of halogens is 1. The minimum atomic E-state index is 0.466. The highest BCUT2D eigenvalue weighted by atomic mass is 35.5. The van der Waals surface area contributed by atoms with Crippen molar-refractivity contribution in [2.45, 2.75) is 51.2 Å². The molecule has 3 nitrogen and oxygen atoms in total. The highest BCUT2D eigenvalue weighted by Gasteiger charge is 2.29. The Morgan fingerprint density at radius 2 is 2.20 bits per heavy atom. The van der Waals surface area contributed by atoms with Crippen molar-refractivity contribution in [3.05, 3.63) is 29.6 Å². The summed E-state index contributed by atoms with van der Waals surface area (Å²) in [6.07, 6.45) is 2.68. The molecular weight excluding hydrogens is 270 g/mol. The van der Waals surface area contributed by atoms with Gasteiger partial charge in [-0.3, -0.25) is 4.90 Å². The molecule has 1 aromatic heterocycles. The van der Waals surface area contributed by atoms with Crippen LogP contribution in [0.25, 0.3) is 11.0 Å². The first-order valence-electron chi connectivity index (χ1n) is 7.34. The van der Waals surface area contributed by atoms with E-state index in [9.17, 15) is 0 Å². The molecule has 108 valence electrons. The maximum absolute atomic E-state index is 6.08. The molecule has 1 atom stereocenters. The number of aryl methyl sites for hydroxylation is 1. The molecular formula is C16H22ClN3. The highest BCUT2D eigenvalue weighted by Crippen LogP contribution is 2.28. The van der Waals surface area contributed by atoms with Crippen molar-refractivity contribution in [2.24, 2.45) is 0 Å². The standard InChI is InChI=1S/C16H22ClN3/c1-11-4-7-15-14(8-11)18-16(9-17)20(15)10-12(2)19(3)13-5-6-13/h4,7-8,12-13H,5-6,9-10H2,1-3H3. The fourth-order valence-electron chi connectivity index (χ4n) is 2.83. The van der Waals surface area contributed by atoms with Gasteiger partial charge in [0.2, 0.25) is 0 Å². The summed E-state index contributed by atoms with van der Waals surface area (Å²) in [5.41, 5.74) is 3.50. The zero-order valence-electron chi connectivity index (χ0n) is 12.4. The molecule has 2 aromatic rings. The maximum Gasteiger partial charge on any atom is 0.124 e. The van der Waals surface area contributed by atoms with E-state index in [-0.39, 0.29) is 0 Å². The first-order chi connectivity index (χ1) is 9.60. The number of hydrogen-bond donors (Lipinski definition) is 0. The summed E-state index contributed by atoms with van der Waals surface area (Å²) < 4.78 is 2.28. The SMILES string of the molecule is Cc1ccc2c(c1)nc(CCl)n2CC(C)N(C)C1CC1. The van der Waals surface area contributed by atoms with Crippen molar-refractivity contribution in [3.8, 4) is 0 Å². The number of imidazole rings is 1. The summed E-state index contributed by atoms with van der Waals surface area (Å²) in [6.45, 7) is 5.34. The van der Waals surface area contributed by atoms with Crippen molar-refractivity contribution < 1.29 is 0 Å². The number of benzene rings is 1. The molecule has 20 heavy (non-hydrogen) atoms. The van der Waals surface area contributed by atoms with Gasteiger partial charge in [-0.15, -0.1) is 11.6 Å². The van der Waals surface area contributed by atoms with E-state index in [0.717, 1.165) is 23.9 Å². The fourth-order valence-corrected chi connectivity index (χ4v) is 3.03. The van der Waals surface area contributed by atoms with Gasteiger partial charge in [0.05, 0.1) is 16.9 Å². The van der Waals surface area contributed by atoms with Crippen molar-refractivity contribution in [1.29, 1.82) is 0 Å². The van der Waals surface area contributed by atoms with Crippen LogP contribution in [0.1, 0.15) is 31.2 Å². The quantitative estimate of drug-likeness (QED) is 0.785. The zero-order valence-corrected chi connectivity index (χ0v) is 13.2. The third kappa shape index (κ3) is 2.57. The molecule has 1 aromatic carbocycles. The Morgan fingerprint density at radius 3 is 2.85 bits per heavy atom. The summed E-state index contributed by atoms with van der Waals surface area (Å²) in [5.74, 6) is 1.44. The van der Waals surface area contributed by atoms with Gasteiger partial charge in [-0.05, 0) is 51.4 Å². The number of nitrogens with zero attached hydrogens (tertiary/aromatic N) is 3. The lowest BCUT2D eigenvalue weighted by Gasteiger charge is -2.25. The Bertz CT molecular complexity index is 615. The third-order valence-corrected chi connectivity index (χ3v) is 4.61. The molecule has 0 radical (unpaired) electrons. The van der Waals surface area contributed by atoms with E-state index < -0.39 is 0 Å². The van der Waals surface area contributed by atoms with Crippen LogP contribution in [-0.4, -0.2) is 33.6 Å². The van der Waals surface area contributed by atoms with Crippen LogP contribution >= 0.6 is 11.6 Å². The van der Waals surface area contributed by atoms with E-state index >= 15 is 0 Å². The van der Waals surface area contributed by atoms with E-state index in [1.54, 1.807) is 0 Å². The molecule has 0 amide bonds. The molecule has 4 heteroatoms. The Balaban J connectivity index is 1.92. The molecule has 0 aliphatic heterocycles. The second kappa shape index (κ2) is 5.38. The van der Waals surface area contributed by atoms with Crippen molar-refractivity contribution >= 4 is 22.6 Å². The van der Waals surface area contributed by atoms with E-state index in [1.165, 1.54) is 23.9 Å². The number of likely N-dealkylation sites (N-methyl/N-ethyl adjacent to an activating group) is 1.